The second kappa shape index (κ2) is 6.84. The van der Waals surface area contributed by atoms with E-state index in [4.69, 9.17) is 9.47 Å². The lowest BCUT2D eigenvalue weighted by Gasteiger charge is -2.21. The Bertz CT molecular complexity index is 697. The van der Waals surface area contributed by atoms with Crippen molar-refractivity contribution in [3.63, 3.8) is 0 Å². The van der Waals surface area contributed by atoms with E-state index in [1.54, 1.807) is 11.4 Å². The van der Waals surface area contributed by atoms with Gasteiger partial charge in [0, 0.05) is 29.9 Å². The third kappa shape index (κ3) is 3.91. The van der Waals surface area contributed by atoms with Crippen LogP contribution in [0, 0.1) is 0 Å². The highest BCUT2D eigenvalue weighted by Gasteiger charge is 2.19. The maximum Gasteiger partial charge on any atom is 0.413 e. The number of carbonyl (C=O) groups excluding carboxylic acids is 1. The fourth-order valence-electron chi connectivity index (χ4n) is 2.25. The average Bonchev–Trinajstić information content (AvgIpc) is 2.96. The third-order valence-corrected chi connectivity index (χ3v) is 4.17. The predicted molar refractivity (Wildman–Crippen MR) is 84.8 cm³/mol. The molecule has 0 spiro atoms. The number of aromatic nitrogens is 1. The number of aromatic hydroxyl groups is 2. The highest BCUT2D eigenvalue weighted by molar-refractivity contribution is 7.14. The molecule has 1 saturated heterocycles. The Morgan fingerprint density at radius 3 is 2.87 bits per heavy atom. The van der Waals surface area contributed by atoms with Gasteiger partial charge in [-0.25, -0.2) is 9.78 Å². The van der Waals surface area contributed by atoms with Crippen molar-refractivity contribution in [2.45, 2.75) is 18.9 Å². The molecule has 3 N–H and O–H groups in total. The minimum atomic E-state index is -0.548. The zero-order valence-electron chi connectivity index (χ0n) is 12.2. The maximum absolute atomic E-state index is 11.8. The van der Waals surface area contributed by atoms with Crippen LogP contribution in [-0.2, 0) is 9.47 Å². The number of ether oxygens (including phenoxy) is 2. The largest absolute Gasteiger partial charge is 0.508 e. The van der Waals surface area contributed by atoms with E-state index in [2.05, 4.69) is 10.3 Å². The lowest BCUT2D eigenvalue weighted by Crippen LogP contribution is -2.28. The van der Waals surface area contributed by atoms with Crippen LogP contribution in [0.25, 0.3) is 11.3 Å². The first-order chi connectivity index (χ1) is 11.1. The highest BCUT2D eigenvalue weighted by Crippen LogP contribution is 2.33. The summed E-state index contributed by atoms with van der Waals surface area (Å²) in [6, 6.07) is 4.26. The topological polar surface area (TPSA) is 101 Å². The van der Waals surface area contributed by atoms with Crippen LogP contribution in [0.4, 0.5) is 9.93 Å². The molecule has 8 heteroatoms. The lowest BCUT2D eigenvalue weighted by molar-refractivity contribution is 0.00592. The summed E-state index contributed by atoms with van der Waals surface area (Å²) < 4.78 is 10.5. The lowest BCUT2D eigenvalue weighted by atomic mass is 10.1. The van der Waals surface area contributed by atoms with Gasteiger partial charge in [0.1, 0.15) is 17.6 Å². The van der Waals surface area contributed by atoms with Crippen LogP contribution < -0.4 is 5.32 Å². The molecule has 2 aromatic rings. The monoisotopic (exact) mass is 336 g/mol. The maximum atomic E-state index is 11.8. The van der Waals surface area contributed by atoms with Crippen LogP contribution in [0.15, 0.2) is 23.6 Å². The molecule has 1 fully saturated rings. The van der Waals surface area contributed by atoms with Gasteiger partial charge in [-0.1, -0.05) is 0 Å². The van der Waals surface area contributed by atoms with Crippen LogP contribution in [0.1, 0.15) is 12.8 Å². The van der Waals surface area contributed by atoms with Crippen molar-refractivity contribution >= 4 is 22.6 Å². The molecule has 1 aliphatic rings. The molecular weight excluding hydrogens is 320 g/mol. The van der Waals surface area contributed by atoms with Crippen LogP contribution in [0.2, 0.25) is 0 Å². The van der Waals surface area contributed by atoms with Gasteiger partial charge in [0.25, 0.3) is 0 Å². The number of thiazole rings is 1. The van der Waals surface area contributed by atoms with Crippen molar-refractivity contribution in [3.8, 4) is 22.8 Å². The molecule has 1 aromatic carbocycles. The first-order valence-electron chi connectivity index (χ1n) is 7.15. The van der Waals surface area contributed by atoms with Gasteiger partial charge in [0.2, 0.25) is 0 Å². The van der Waals surface area contributed by atoms with Crippen molar-refractivity contribution in [1.29, 1.82) is 0 Å². The smallest absolute Gasteiger partial charge is 0.413 e. The summed E-state index contributed by atoms with van der Waals surface area (Å²) in [5.41, 5.74) is 0.985. The van der Waals surface area contributed by atoms with Gasteiger partial charge in [-0.3, -0.25) is 5.32 Å². The van der Waals surface area contributed by atoms with Crippen molar-refractivity contribution in [2.24, 2.45) is 0 Å². The number of nitrogens with one attached hydrogen (secondary N) is 1. The number of phenolic OH excluding ortho intramolecular Hbond substituents is 2. The Labute approximate surface area is 136 Å². The second-order valence-corrected chi connectivity index (χ2v) is 5.94. The van der Waals surface area contributed by atoms with Crippen LogP contribution in [-0.4, -0.2) is 40.6 Å². The molecule has 2 heterocycles. The molecule has 1 aliphatic heterocycles. The zero-order chi connectivity index (χ0) is 16.2. The van der Waals surface area contributed by atoms with Gasteiger partial charge >= 0.3 is 6.09 Å². The summed E-state index contributed by atoms with van der Waals surface area (Å²) in [5.74, 6) is -0.105. The van der Waals surface area contributed by atoms with Gasteiger partial charge < -0.3 is 19.7 Å². The summed E-state index contributed by atoms with van der Waals surface area (Å²) in [6.07, 6.45) is 0.701. The van der Waals surface area contributed by atoms with E-state index in [-0.39, 0.29) is 17.6 Å². The Kier molecular flexibility index (Phi) is 4.63. The molecule has 3 rings (SSSR count). The first-order valence-corrected chi connectivity index (χ1v) is 8.03. The molecule has 7 nitrogen and oxygen atoms in total. The van der Waals surface area contributed by atoms with Crippen LogP contribution in [0.5, 0.6) is 11.5 Å². The minimum absolute atomic E-state index is 0.0279. The number of hydrogen-bond acceptors (Lipinski definition) is 7. The number of carbonyl (C=O) groups is 1. The molecule has 0 unspecified atom stereocenters. The second-order valence-electron chi connectivity index (χ2n) is 5.08. The normalized spacial score (nSPS) is 15.3. The van der Waals surface area contributed by atoms with Crippen molar-refractivity contribution < 1.29 is 24.5 Å². The highest BCUT2D eigenvalue weighted by atomic mass is 32.1. The number of rotatable bonds is 3. The minimum Gasteiger partial charge on any atom is -0.508 e. The van der Waals surface area contributed by atoms with E-state index in [1.807, 2.05) is 0 Å². The summed E-state index contributed by atoms with van der Waals surface area (Å²) >= 11 is 1.23. The molecule has 0 atom stereocenters. The third-order valence-electron chi connectivity index (χ3n) is 3.41. The van der Waals surface area contributed by atoms with Gasteiger partial charge in [-0.05, 0) is 12.1 Å². The molecular formula is C15H16N2O5S. The van der Waals surface area contributed by atoms with Gasteiger partial charge in [0.05, 0.1) is 18.9 Å². The standard InChI is InChI=1S/C15H16N2O5S/c18-9-1-2-11(13(19)7-9)12-8-23-14(16-12)17-15(20)22-10-3-5-21-6-4-10/h1-2,7-8,10,18-19H,3-6H2,(H,16,17,20). The SMILES string of the molecule is O=C(Nc1nc(-c2ccc(O)cc2O)cs1)OC1CCOCC1. The number of benzene rings is 1. The summed E-state index contributed by atoms with van der Waals surface area (Å²) in [6.45, 7) is 1.19. The van der Waals surface area contributed by atoms with E-state index < -0.39 is 6.09 Å². The zero-order valence-corrected chi connectivity index (χ0v) is 13.0. The Balaban J connectivity index is 1.63. The Hall–Kier alpha value is -2.32. The van der Waals surface area contributed by atoms with E-state index in [9.17, 15) is 15.0 Å². The molecule has 122 valence electrons. The van der Waals surface area contributed by atoms with Crippen LogP contribution >= 0.6 is 11.3 Å². The molecule has 1 aromatic heterocycles. The number of phenols is 2. The quantitative estimate of drug-likeness (QED) is 0.797. The van der Waals surface area contributed by atoms with Crippen LogP contribution in [0.3, 0.4) is 0 Å². The molecule has 0 radical (unpaired) electrons. The summed E-state index contributed by atoms with van der Waals surface area (Å²) in [4.78, 5) is 16.1. The van der Waals surface area contributed by atoms with E-state index in [0.29, 0.717) is 42.4 Å². The molecule has 0 saturated carbocycles. The number of nitrogens with zero attached hydrogens (tertiary/aromatic N) is 1. The Morgan fingerprint density at radius 2 is 2.13 bits per heavy atom. The van der Waals surface area contributed by atoms with Crippen molar-refractivity contribution in [3.05, 3.63) is 23.6 Å². The Morgan fingerprint density at radius 1 is 1.35 bits per heavy atom. The fraction of sp³-hybridized carbons (Fsp3) is 0.333. The number of anilines is 1. The molecule has 0 aliphatic carbocycles. The number of amides is 1. The van der Waals surface area contributed by atoms with Gasteiger partial charge in [-0.2, -0.15) is 0 Å². The van der Waals surface area contributed by atoms with Crippen molar-refractivity contribution in [2.75, 3.05) is 18.5 Å². The predicted octanol–water partition coefficient (Wildman–Crippen LogP) is 2.95. The molecule has 23 heavy (non-hydrogen) atoms. The number of hydrogen-bond donors (Lipinski definition) is 3. The summed E-state index contributed by atoms with van der Waals surface area (Å²) in [5, 5.41) is 23.8. The summed E-state index contributed by atoms with van der Waals surface area (Å²) in [7, 11) is 0. The van der Waals surface area contributed by atoms with Crippen molar-refractivity contribution in [1.82, 2.24) is 4.98 Å². The molecule has 1 amide bonds. The average molecular weight is 336 g/mol. The van der Waals surface area contributed by atoms with E-state index in [0.717, 1.165) is 0 Å². The van der Waals surface area contributed by atoms with E-state index in [1.165, 1.54) is 23.5 Å². The fourth-order valence-corrected chi connectivity index (χ4v) is 2.95. The molecule has 0 bridgehead atoms. The van der Waals surface area contributed by atoms with Gasteiger partial charge in [-0.15, -0.1) is 11.3 Å². The van der Waals surface area contributed by atoms with Gasteiger partial charge in [0.15, 0.2) is 5.13 Å². The first kappa shape index (κ1) is 15.6. The van der Waals surface area contributed by atoms with E-state index >= 15 is 0 Å².